The van der Waals surface area contributed by atoms with Crippen molar-refractivity contribution < 1.29 is 0 Å². The van der Waals surface area contributed by atoms with Crippen molar-refractivity contribution in [3.63, 3.8) is 0 Å². The lowest BCUT2D eigenvalue weighted by Gasteiger charge is -2.08. The minimum atomic E-state index is -0.244. The predicted octanol–water partition coefficient (Wildman–Crippen LogP) is 1.31. The lowest BCUT2D eigenvalue weighted by molar-refractivity contribution is 0.816. The molecule has 2 N–H and O–H groups in total. The van der Waals surface area contributed by atoms with Gasteiger partial charge in [0.05, 0.1) is 5.69 Å². The molecule has 0 fully saturated rings. The maximum atomic E-state index is 12.1. The molecule has 1 aromatic carbocycles. The molecule has 0 saturated carbocycles. The Morgan fingerprint density at radius 3 is 2.85 bits per heavy atom. The SMILES string of the molecule is CNCc1ccc(-n2cc3c(nc2=O)NC(C)C3)cc1. The Morgan fingerprint density at radius 2 is 2.15 bits per heavy atom. The van der Waals surface area contributed by atoms with Crippen LogP contribution in [0.4, 0.5) is 5.82 Å². The summed E-state index contributed by atoms with van der Waals surface area (Å²) in [6.07, 6.45) is 2.80. The molecule has 1 unspecified atom stereocenters. The molecule has 5 nitrogen and oxygen atoms in total. The Balaban J connectivity index is 1.98. The normalized spacial score (nSPS) is 16.8. The van der Waals surface area contributed by atoms with Gasteiger partial charge in [-0.3, -0.25) is 4.57 Å². The fourth-order valence-electron chi connectivity index (χ4n) is 2.55. The van der Waals surface area contributed by atoms with Crippen molar-refractivity contribution in [2.45, 2.75) is 25.9 Å². The topological polar surface area (TPSA) is 59.0 Å². The molecule has 0 saturated heterocycles. The third-order valence-electron chi connectivity index (χ3n) is 3.51. The van der Waals surface area contributed by atoms with Crippen molar-refractivity contribution in [2.24, 2.45) is 0 Å². The number of hydrogen-bond donors (Lipinski definition) is 2. The van der Waals surface area contributed by atoms with Gasteiger partial charge in [0, 0.05) is 24.3 Å². The minimum Gasteiger partial charge on any atom is -0.367 e. The Kier molecular flexibility index (Phi) is 3.28. The summed E-state index contributed by atoms with van der Waals surface area (Å²) in [7, 11) is 1.91. The zero-order chi connectivity index (χ0) is 14.1. The predicted molar refractivity (Wildman–Crippen MR) is 79.4 cm³/mol. The molecular formula is C15H18N4O. The van der Waals surface area contributed by atoms with E-state index in [1.54, 1.807) is 4.57 Å². The van der Waals surface area contributed by atoms with Gasteiger partial charge in [-0.05, 0) is 38.1 Å². The van der Waals surface area contributed by atoms with Crippen molar-refractivity contribution in [3.8, 4) is 5.69 Å². The van der Waals surface area contributed by atoms with E-state index < -0.39 is 0 Å². The van der Waals surface area contributed by atoms with Gasteiger partial charge >= 0.3 is 5.69 Å². The molecule has 0 aliphatic carbocycles. The lowest BCUT2D eigenvalue weighted by atomic mass is 10.2. The molecule has 1 aliphatic heterocycles. The van der Waals surface area contributed by atoms with Crippen LogP contribution in [0.2, 0.25) is 0 Å². The largest absolute Gasteiger partial charge is 0.367 e. The van der Waals surface area contributed by atoms with Crippen molar-refractivity contribution in [3.05, 3.63) is 52.1 Å². The first-order chi connectivity index (χ1) is 9.67. The summed E-state index contributed by atoms with van der Waals surface area (Å²) in [4.78, 5) is 16.2. The molecule has 1 atom stereocenters. The molecule has 0 amide bonds. The Morgan fingerprint density at radius 1 is 1.40 bits per heavy atom. The van der Waals surface area contributed by atoms with Gasteiger partial charge in [-0.25, -0.2) is 4.79 Å². The number of anilines is 1. The molecule has 5 heteroatoms. The average Bonchev–Trinajstić information content (AvgIpc) is 2.78. The zero-order valence-corrected chi connectivity index (χ0v) is 11.7. The van der Waals surface area contributed by atoms with Gasteiger partial charge in [0.1, 0.15) is 5.82 Å². The fourth-order valence-corrected chi connectivity index (χ4v) is 2.55. The van der Waals surface area contributed by atoms with E-state index >= 15 is 0 Å². The van der Waals surface area contributed by atoms with Gasteiger partial charge in [0.2, 0.25) is 0 Å². The summed E-state index contributed by atoms with van der Waals surface area (Å²) in [6, 6.07) is 8.28. The van der Waals surface area contributed by atoms with Gasteiger partial charge in [-0.2, -0.15) is 4.98 Å². The number of aromatic nitrogens is 2. The Bertz CT molecular complexity index is 675. The first kappa shape index (κ1) is 12.9. The average molecular weight is 270 g/mol. The van der Waals surface area contributed by atoms with Crippen LogP contribution in [-0.4, -0.2) is 22.6 Å². The molecule has 20 heavy (non-hydrogen) atoms. The highest BCUT2D eigenvalue weighted by atomic mass is 16.1. The maximum absolute atomic E-state index is 12.1. The summed E-state index contributed by atoms with van der Waals surface area (Å²) in [5.74, 6) is 0.727. The molecule has 0 radical (unpaired) electrons. The number of nitrogens with zero attached hydrogens (tertiary/aromatic N) is 2. The fraction of sp³-hybridized carbons (Fsp3) is 0.333. The molecule has 104 valence electrons. The van der Waals surface area contributed by atoms with Crippen LogP contribution in [0.1, 0.15) is 18.1 Å². The van der Waals surface area contributed by atoms with E-state index in [0.717, 1.165) is 30.0 Å². The highest BCUT2D eigenvalue weighted by molar-refractivity contribution is 5.50. The summed E-state index contributed by atoms with van der Waals surface area (Å²) in [5, 5.41) is 6.31. The van der Waals surface area contributed by atoms with E-state index in [-0.39, 0.29) is 5.69 Å². The summed E-state index contributed by atoms with van der Waals surface area (Å²) in [5.41, 5.74) is 2.89. The number of benzene rings is 1. The Hall–Kier alpha value is -2.14. The van der Waals surface area contributed by atoms with E-state index in [0.29, 0.717) is 6.04 Å². The second kappa shape index (κ2) is 5.09. The smallest absolute Gasteiger partial charge is 0.354 e. The van der Waals surface area contributed by atoms with Crippen molar-refractivity contribution in [2.75, 3.05) is 12.4 Å². The molecule has 3 rings (SSSR count). The highest BCUT2D eigenvalue weighted by Crippen LogP contribution is 2.22. The number of fused-ring (bicyclic) bond motifs is 1. The van der Waals surface area contributed by atoms with Crippen LogP contribution in [0, 0.1) is 0 Å². The summed E-state index contributed by atoms with van der Waals surface area (Å²) >= 11 is 0. The molecule has 0 spiro atoms. The van der Waals surface area contributed by atoms with Crippen LogP contribution in [0.5, 0.6) is 0 Å². The van der Waals surface area contributed by atoms with Crippen LogP contribution >= 0.6 is 0 Å². The molecule has 1 aromatic heterocycles. The van der Waals surface area contributed by atoms with E-state index in [2.05, 4.69) is 22.5 Å². The third kappa shape index (κ3) is 2.32. The first-order valence-electron chi connectivity index (χ1n) is 6.80. The van der Waals surface area contributed by atoms with Crippen LogP contribution in [0.25, 0.3) is 5.69 Å². The number of rotatable bonds is 3. The molecule has 1 aliphatic rings. The van der Waals surface area contributed by atoms with Crippen LogP contribution < -0.4 is 16.3 Å². The number of hydrogen-bond acceptors (Lipinski definition) is 4. The Labute approximate surface area is 117 Å². The van der Waals surface area contributed by atoms with Gasteiger partial charge in [-0.1, -0.05) is 12.1 Å². The van der Waals surface area contributed by atoms with Gasteiger partial charge in [0.15, 0.2) is 0 Å². The van der Waals surface area contributed by atoms with E-state index in [9.17, 15) is 4.79 Å². The van der Waals surface area contributed by atoms with Crippen LogP contribution in [0.15, 0.2) is 35.3 Å². The summed E-state index contributed by atoms with van der Waals surface area (Å²) in [6.45, 7) is 2.90. The quantitative estimate of drug-likeness (QED) is 0.883. The maximum Gasteiger partial charge on any atom is 0.354 e. The number of nitrogens with one attached hydrogen (secondary N) is 2. The van der Waals surface area contributed by atoms with Gasteiger partial charge < -0.3 is 10.6 Å². The van der Waals surface area contributed by atoms with E-state index in [1.807, 2.05) is 37.5 Å². The third-order valence-corrected chi connectivity index (χ3v) is 3.51. The van der Waals surface area contributed by atoms with Gasteiger partial charge in [-0.15, -0.1) is 0 Å². The molecular weight excluding hydrogens is 252 g/mol. The van der Waals surface area contributed by atoms with E-state index in [4.69, 9.17) is 0 Å². The second-order valence-corrected chi connectivity index (χ2v) is 5.21. The molecule has 0 bridgehead atoms. The van der Waals surface area contributed by atoms with Crippen molar-refractivity contribution in [1.29, 1.82) is 0 Å². The summed E-state index contributed by atoms with van der Waals surface area (Å²) < 4.78 is 1.61. The van der Waals surface area contributed by atoms with Crippen molar-refractivity contribution >= 4 is 5.82 Å². The van der Waals surface area contributed by atoms with Crippen molar-refractivity contribution in [1.82, 2.24) is 14.9 Å². The lowest BCUT2D eigenvalue weighted by Crippen LogP contribution is -2.22. The van der Waals surface area contributed by atoms with E-state index in [1.165, 1.54) is 5.56 Å². The van der Waals surface area contributed by atoms with Crippen LogP contribution in [-0.2, 0) is 13.0 Å². The monoisotopic (exact) mass is 270 g/mol. The molecule has 2 heterocycles. The second-order valence-electron chi connectivity index (χ2n) is 5.21. The molecule has 2 aromatic rings. The first-order valence-corrected chi connectivity index (χ1v) is 6.80. The minimum absolute atomic E-state index is 0.244. The van der Waals surface area contributed by atoms with Gasteiger partial charge in [0.25, 0.3) is 0 Å². The standard InChI is InChI=1S/C15H18N4O/c1-10-7-12-9-19(15(20)18-14(12)17-10)13-5-3-11(4-6-13)8-16-2/h3-6,9-10,16H,7-8H2,1-2H3,(H,17,18,20). The van der Waals surface area contributed by atoms with Crippen LogP contribution in [0.3, 0.4) is 0 Å². The highest BCUT2D eigenvalue weighted by Gasteiger charge is 2.19. The zero-order valence-electron chi connectivity index (χ0n) is 11.7.